The molecule has 0 radical (unpaired) electrons. The fourth-order valence-corrected chi connectivity index (χ4v) is 5.85. The molecule has 3 aliphatic heterocycles. The lowest BCUT2D eigenvalue weighted by Crippen LogP contribution is -2.55. The average Bonchev–Trinajstić information content (AvgIpc) is 3.25. The Bertz CT molecular complexity index is 1160. The molecule has 0 atom stereocenters. The Morgan fingerprint density at radius 1 is 0.897 bits per heavy atom. The number of carbonyl (C=O) groups excluding carboxylic acids is 3. The van der Waals surface area contributed by atoms with Crippen LogP contribution in [-0.4, -0.2) is 61.3 Å². The van der Waals surface area contributed by atoms with Crippen molar-refractivity contribution in [2.75, 3.05) is 37.7 Å². The van der Waals surface area contributed by atoms with Crippen molar-refractivity contribution in [3.05, 3.63) is 59.7 Å². The second-order valence-electron chi connectivity index (χ2n) is 10.7. The Morgan fingerprint density at radius 2 is 1.64 bits per heavy atom. The summed E-state index contributed by atoms with van der Waals surface area (Å²) in [7, 11) is 0. The number of piperidine rings is 1. The molecule has 0 aromatic heterocycles. The summed E-state index contributed by atoms with van der Waals surface area (Å²) >= 11 is 0. The van der Waals surface area contributed by atoms with Crippen LogP contribution in [-0.2, 0) is 30.3 Å². The van der Waals surface area contributed by atoms with Crippen molar-refractivity contribution in [2.24, 2.45) is 0 Å². The van der Waals surface area contributed by atoms with E-state index in [0.29, 0.717) is 24.8 Å². The van der Waals surface area contributed by atoms with E-state index in [2.05, 4.69) is 42.2 Å². The Kier molecular flexibility index (Phi) is 8.50. The summed E-state index contributed by atoms with van der Waals surface area (Å²) < 4.78 is 16.5. The first-order valence-electron chi connectivity index (χ1n) is 14.3. The topological polar surface area (TPSA) is 85.4 Å². The van der Waals surface area contributed by atoms with Crippen molar-refractivity contribution in [1.29, 1.82) is 0 Å². The summed E-state index contributed by atoms with van der Waals surface area (Å²) in [4.78, 5) is 41.2. The van der Waals surface area contributed by atoms with Gasteiger partial charge in [-0.15, -0.1) is 0 Å². The average molecular weight is 535 g/mol. The van der Waals surface area contributed by atoms with E-state index in [1.807, 2.05) is 18.2 Å². The summed E-state index contributed by atoms with van der Waals surface area (Å²) in [6, 6.07) is 16.4. The van der Waals surface area contributed by atoms with Crippen molar-refractivity contribution < 1.29 is 28.6 Å². The van der Waals surface area contributed by atoms with Gasteiger partial charge in [-0.05, 0) is 61.9 Å². The van der Waals surface area contributed by atoms with Crippen LogP contribution in [0.5, 0.6) is 5.75 Å². The molecule has 39 heavy (non-hydrogen) atoms. The van der Waals surface area contributed by atoms with Crippen LogP contribution in [0, 0.1) is 0 Å². The number of rotatable bonds is 11. The van der Waals surface area contributed by atoms with Gasteiger partial charge in [-0.25, -0.2) is 9.59 Å². The smallest absolute Gasteiger partial charge is 0.421 e. The van der Waals surface area contributed by atoms with Crippen LogP contribution in [0.4, 0.5) is 5.69 Å². The minimum absolute atomic E-state index is 0.00330. The van der Waals surface area contributed by atoms with Crippen LogP contribution >= 0.6 is 0 Å². The van der Waals surface area contributed by atoms with Gasteiger partial charge in [0.2, 0.25) is 0 Å². The van der Waals surface area contributed by atoms with Gasteiger partial charge in [0, 0.05) is 19.2 Å². The first kappa shape index (κ1) is 27.2. The van der Waals surface area contributed by atoms with Crippen LogP contribution in [0.3, 0.4) is 0 Å². The number of carbonyl (C=O) groups is 3. The summed E-state index contributed by atoms with van der Waals surface area (Å²) in [5, 5.41) is 0. The van der Waals surface area contributed by atoms with E-state index < -0.39 is 23.6 Å². The predicted molar refractivity (Wildman–Crippen MR) is 147 cm³/mol. The maximum atomic E-state index is 13.5. The van der Waals surface area contributed by atoms with Crippen molar-refractivity contribution >= 4 is 23.5 Å². The van der Waals surface area contributed by atoms with E-state index in [0.717, 1.165) is 63.0 Å². The molecule has 5 rings (SSSR count). The highest BCUT2D eigenvalue weighted by Crippen LogP contribution is 2.40. The normalized spacial score (nSPS) is 19.2. The van der Waals surface area contributed by atoms with E-state index in [-0.39, 0.29) is 6.42 Å². The van der Waals surface area contributed by atoms with E-state index in [9.17, 15) is 14.4 Å². The lowest BCUT2D eigenvalue weighted by Gasteiger charge is -2.37. The maximum absolute atomic E-state index is 13.5. The van der Waals surface area contributed by atoms with Crippen LogP contribution in [0.25, 0.3) is 0 Å². The van der Waals surface area contributed by atoms with E-state index in [4.69, 9.17) is 14.2 Å². The van der Waals surface area contributed by atoms with Crippen molar-refractivity contribution in [3.8, 4) is 5.75 Å². The summed E-state index contributed by atoms with van der Waals surface area (Å²) in [6.07, 6.45) is 7.20. The number of hydrogen-bond acceptors (Lipinski definition) is 7. The summed E-state index contributed by atoms with van der Waals surface area (Å²) in [6.45, 7) is 6.36. The Hall–Kier alpha value is -3.39. The van der Waals surface area contributed by atoms with Gasteiger partial charge in [0.25, 0.3) is 0 Å². The largest absolute Gasteiger partial charge is 0.493 e. The van der Waals surface area contributed by atoms with Crippen LogP contribution in [0.2, 0.25) is 0 Å². The highest BCUT2D eigenvalue weighted by atomic mass is 16.8. The first-order valence-corrected chi connectivity index (χ1v) is 14.3. The van der Waals surface area contributed by atoms with Gasteiger partial charge in [0.05, 0.1) is 18.7 Å². The number of hydrogen-bond donors (Lipinski definition) is 0. The van der Waals surface area contributed by atoms with E-state index >= 15 is 0 Å². The number of amides is 1. The van der Waals surface area contributed by atoms with Gasteiger partial charge in [-0.1, -0.05) is 62.6 Å². The zero-order valence-corrected chi connectivity index (χ0v) is 22.7. The standard InChI is InChI=1S/C31H38N2O6/c1-2-3-4-8-17-33-27-21-26(13-12-25(27)22-31(30(33)36)38-28(34)29(35)39-31)37-20-9-16-32-18-14-24(15-19-32)23-10-6-5-7-11-23/h5-7,10-13,21,24H,2-4,8-9,14-20,22H2,1H3. The molecule has 2 saturated heterocycles. The quantitative estimate of drug-likeness (QED) is 0.237. The SMILES string of the molecule is CCCCCCN1C(=O)C2(Cc3ccc(OCCCN4CCC(c5ccccc5)CC4)cc31)OC(=O)C(=O)O2. The molecule has 2 aromatic rings. The third-order valence-corrected chi connectivity index (χ3v) is 8.00. The fourth-order valence-electron chi connectivity index (χ4n) is 5.85. The van der Waals surface area contributed by atoms with Gasteiger partial charge in [0.1, 0.15) is 5.75 Å². The molecular weight excluding hydrogens is 496 g/mol. The number of nitrogens with zero attached hydrogens (tertiary/aromatic N) is 2. The first-order chi connectivity index (χ1) is 19.0. The number of benzene rings is 2. The van der Waals surface area contributed by atoms with Gasteiger partial charge in [0.15, 0.2) is 0 Å². The van der Waals surface area contributed by atoms with Crippen molar-refractivity contribution in [1.82, 2.24) is 4.90 Å². The number of fused-ring (bicyclic) bond motifs is 1. The number of anilines is 1. The van der Waals surface area contributed by atoms with Crippen LogP contribution < -0.4 is 9.64 Å². The van der Waals surface area contributed by atoms with Crippen LogP contribution in [0.15, 0.2) is 48.5 Å². The third kappa shape index (κ3) is 6.11. The van der Waals surface area contributed by atoms with Gasteiger partial charge in [-0.3, -0.25) is 4.79 Å². The molecule has 3 aliphatic rings. The predicted octanol–water partition coefficient (Wildman–Crippen LogP) is 4.60. The molecule has 0 aliphatic carbocycles. The zero-order chi connectivity index (χ0) is 27.2. The van der Waals surface area contributed by atoms with E-state index in [1.54, 1.807) is 4.90 Å². The van der Waals surface area contributed by atoms with Crippen molar-refractivity contribution in [3.63, 3.8) is 0 Å². The monoisotopic (exact) mass is 534 g/mol. The molecule has 0 saturated carbocycles. The molecular formula is C31H38N2O6. The van der Waals surface area contributed by atoms with Crippen molar-refractivity contribution in [2.45, 2.75) is 70.0 Å². The molecule has 0 unspecified atom stereocenters. The number of ether oxygens (including phenoxy) is 3. The molecule has 1 amide bonds. The highest BCUT2D eigenvalue weighted by Gasteiger charge is 2.59. The highest BCUT2D eigenvalue weighted by molar-refractivity contribution is 6.32. The summed E-state index contributed by atoms with van der Waals surface area (Å²) in [5.74, 6) is -3.32. The lowest BCUT2D eigenvalue weighted by molar-refractivity contribution is -0.188. The van der Waals surface area contributed by atoms with Gasteiger partial charge < -0.3 is 24.0 Å². The van der Waals surface area contributed by atoms with E-state index in [1.165, 1.54) is 18.4 Å². The van der Waals surface area contributed by atoms with Gasteiger partial charge >= 0.3 is 23.6 Å². The minimum atomic E-state index is -1.90. The lowest BCUT2D eigenvalue weighted by atomic mass is 9.89. The summed E-state index contributed by atoms with van der Waals surface area (Å²) in [5.41, 5.74) is 2.95. The molecule has 0 N–H and O–H groups in total. The second kappa shape index (κ2) is 12.2. The Labute approximate surface area is 230 Å². The number of unbranched alkanes of at least 4 members (excludes halogenated alkanes) is 3. The number of likely N-dealkylation sites (tertiary alicyclic amines) is 1. The maximum Gasteiger partial charge on any atom is 0.421 e. The fraction of sp³-hybridized carbons (Fsp3) is 0.516. The molecule has 3 heterocycles. The molecule has 2 aromatic carbocycles. The second-order valence-corrected chi connectivity index (χ2v) is 10.7. The molecule has 1 spiro atoms. The van der Waals surface area contributed by atoms with Gasteiger partial charge in [-0.2, -0.15) is 0 Å². The minimum Gasteiger partial charge on any atom is -0.493 e. The zero-order valence-electron chi connectivity index (χ0n) is 22.7. The third-order valence-electron chi connectivity index (χ3n) is 8.00. The molecule has 0 bridgehead atoms. The Balaban J connectivity index is 1.17. The molecule has 8 heteroatoms. The van der Waals surface area contributed by atoms with Crippen LogP contribution in [0.1, 0.15) is 68.9 Å². The Morgan fingerprint density at radius 3 is 2.36 bits per heavy atom. The molecule has 2 fully saturated rings. The molecule has 8 nitrogen and oxygen atoms in total. The molecule has 208 valence electrons. The number of esters is 2.